The fourth-order valence-corrected chi connectivity index (χ4v) is 5.30. The lowest BCUT2D eigenvalue weighted by atomic mass is 9.96. The van der Waals surface area contributed by atoms with Crippen molar-refractivity contribution < 1.29 is 9.47 Å². The summed E-state index contributed by atoms with van der Waals surface area (Å²) in [6, 6.07) is 25.0. The van der Waals surface area contributed by atoms with E-state index in [1.165, 1.54) is 49.4 Å². The number of fused-ring (bicyclic) bond motifs is 8. The Bertz CT molecular complexity index is 1410. The molecule has 0 N–H and O–H groups in total. The van der Waals surface area contributed by atoms with Crippen molar-refractivity contribution in [3.8, 4) is 5.75 Å². The normalized spacial score (nSPS) is 12.4. The molecule has 158 valence electrons. The Morgan fingerprint density at radius 1 is 0.774 bits per heavy atom. The van der Waals surface area contributed by atoms with E-state index in [9.17, 15) is 0 Å². The SMILES string of the molecule is COc1ccc2c(c1)c1ccccc1c1c2c2ccccc2n1COCC[Si](C)(C)C. The van der Waals surface area contributed by atoms with E-state index in [1.807, 2.05) is 0 Å². The fourth-order valence-electron chi connectivity index (χ4n) is 4.54. The molecule has 0 spiro atoms. The van der Waals surface area contributed by atoms with Crippen LogP contribution < -0.4 is 4.74 Å². The van der Waals surface area contributed by atoms with Gasteiger partial charge in [-0.3, -0.25) is 0 Å². The second-order valence-electron chi connectivity index (χ2n) is 9.47. The third-order valence-corrected chi connectivity index (χ3v) is 7.86. The highest BCUT2D eigenvalue weighted by molar-refractivity contribution is 6.76. The summed E-state index contributed by atoms with van der Waals surface area (Å²) in [5, 5.41) is 7.54. The molecule has 3 nitrogen and oxygen atoms in total. The molecule has 1 aromatic heterocycles. The van der Waals surface area contributed by atoms with Crippen LogP contribution in [0.4, 0.5) is 0 Å². The van der Waals surface area contributed by atoms with Crippen LogP contribution >= 0.6 is 0 Å². The van der Waals surface area contributed by atoms with Crippen LogP contribution in [0.15, 0.2) is 66.7 Å². The summed E-state index contributed by atoms with van der Waals surface area (Å²) in [4.78, 5) is 0. The van der Waals surface area contributed by atoms with Gasteiger partial charge in [0.15, 0.2) is 0 Å². The molecule has 5 aromatic rings. The molecular formula is C27H29NO2Si. The number of ether oxygens (including phenoxy) is 2. The lowest BCUT2D eigenvalue weighted by molar-refractivity contribution is 0.0930. The number of methoxy groups -OCH3 is 1. The summed E-state index contributed by atoms with van der Waals surface area (Å²) >= 11 is 0. The van der Waals surface area contributed by atoms with E-state index in [1.54, 1.807) is 7.11 Å². The molecule has 0 aliphatic heterocycles. The summed E-state index contributed by atoms with van der Waals surface area (Å²) in [7, 11) is 0.606. The first-order chi connectivity index (χ1) is 15.0. The van der Waals surface area contributed by atoms with Gasteiger partial charge in [0, 0.05) is 30.8 Å². The minimum absolute atomic E-state index is 0.570. The average molecular weight is 428 g/mol. The zero-order valence-corrected chi connectivity index (χ0v) is 19.7. The molecule has 4 aromatic carbocycles. The molecule has 0 atom stereocenters. The molecule has 4 heteroatoms. The molecule has 0 aliphatic rings. The Labute approximate surface area is 184 Å². The van der Waals surface area contributed by atoms with Crippen LogP contribution in [0.2, 0.25) is 25.7 Å². The van der Waals surface area contributed by atoms with Gasteiger partial charge in [-0.1, -0.05) is 62.1 Å². The number of benzene rings is 4. The quantitative estimate of drug-likeness (QED) is 0.160. The van der Waals surface area contributed by atoms with Gasteiger partial charge in [0.05, 0.1) is 18.1 Å². The molecule has 5 rings (SSSR count). The minimum Gasteiger partial charge on any atom is -0.497 e. The zero-order valence-electron chi connectivity index (χ0n) is 18.7. The Hall–Kier alpha value is -2.82. The lowest BCUT2D eigenvalue weighted by Gasteiger charge is -2.17. The molecule has 0 radical (unpaired) electrons. The van der Waals surface area contributed by atoms with Crippen LogP contribution in [0.3, 0.4) is 0 Å². The smallest absolute Gasteiger partial charge is 0.123 e. The average Bonchev–Trinajstić information content (AvgIpc) is 3.10. The summed E-state index contributed by atoms with van der Waals surface area (Å²) < 4.78 is 14.2. The fraction of sp³-hybridized carbons (Fsp3) is 0.259. The highest BCUT2D eigenvalue weighted by atomic mass is 28.3. The van der Waals surface area contributed by atoms with Crippen LogP contribution in [0, 0.1) is 0 Å². The third kappa shape index (κ3) is 3.50. The van der Waals surface area contributed by atoms with Crippen LogP contribution in [-0.2, 0) is 11.5 Å². The van der Waals surface area contributed by atoms with Crippen LogP contribution in [-0.4, -0.2) is 26.4 Å². The summed E-state index contributed by atoms with van der Waals surface area (Å²) in [5.74, 6) is 0.885. The molecule has 0 aliphatic carbocycles. The Balaban J connectivity index is 1.81. The van der Waals surface area contributed by atoms with Gasteiger partial charge >= 0.3 is 0 Å². The van der Waals surface area contributed by atoms with E-state index in [-0.39, 0.29) is 0 Å². The van der Waals surface area contributed by atoms with Gasteiger partial charge < -0.3 is 14.0 Å². The minimum atomic E-state index is -1.12. The van der Waals surface area contributed by atoms with Crippen molar-refractivity contribution in [2.45, 2.75) is 32.4 Å². The van der Waals surface area contributed by atoms with Crippen molar-refractivity contribution in [1.82, 2.24) is 4.57 Å². The first-order valence-corrected chi connectivity index (χ1v) is 14.7. The van der Waals surface area contributed by atoms with Gasteiger partial charge in [-0.25, -0.2) is 0 Å². The number of hydrogen-bond acceptors (Lipinski definition) is 2. The van der Waals surface area contributed by atoms with Gasteiger partial charge in [-0.15, -0.1) is 0 Å². The molecule has 0 saturated carbocycles. The van der Waals surface area contributed by atoms with E-state index in [0.717, 1.165) is 12.4 Å². The van der Waals surface area contributed by atoms with Gasteiger partial charge in [0.25, 0.3) is 0 Å². The Morgan fingerprint density at radius 3 is 2.23 bits per heavy atom. The second kappa shape index (κ2) is 7.70. The number of para-hydroxylation sites is 1. The van der Waals surface area contributed by atoms with Gasteiger partial charge in [-0.2, -0.15) is 0 Å². The van der Waals surface area contributed by atoms with Crippen molar-refractivity contribution in [2.75, 3.05) is 13.7 Å². The number of nitrogens with zero attached hydrogens (tertiary/aromatic N) is 1. The van der Waals surface area contributed by atoms with Crippen molar-refractivity contribution >= 4 is 51.4 Å². The van der Waals surface area contributed by atoms with E-state index in [0.29, 0.717) is 6.73 Å². The first kappa shape index (κ1) is 20.1. The van der Waals surface area contributed by atoms with Crippen LogP contribution in [0.1, 0.15) is 0 Å². The Kier molecular flexibility index (Phi) is 4.99. The molecule has 0 bridgehead atoms. The Morgan fingerprint density at radius 2 is 1.48 bits per heavy atom. The standard InChI is InChI=1S/C27H29NO2Si/c1-29-19-13-14-21-24(17-19)20-9-5-6-10-22(20)27-26(21)23-11-7-8-12-25(23)28(27)18-30-15-16-31(2,3)4/h5-14,17H,15-16,18H2,1-4H3. The van der Waals surface area contributed by atoms with E-state index in [2.05, 4.69) is 90.9 Å². The predicted octanol–water partition coefficient (Wildman–Crippen LogP) is 7.42. The zero-order chi connectivity index (χ0) is 21.6. The van der Waals surface area contributed by atoms with E-state index < -0.39 is 8.07 Å². The molecule has 0 fully saturated rings. The van der Waals surface area contributed by atoms with E-state index >= 15 is 0 Å². The molecule has 0 unspecified atom stereocenters. The van der Waals surface area contributed by atoms with Crippen molar-refractivity contribution in [2.24, 2.45) is 0 Å². The molecule has 0 amide bonds. The van der Waals surface area contributed by atoms with Crippen LogP contribution in [0.5, 0.6) is 5.75 Å². The van der Waals surface area contributed by atoms with E-state index in [4.69, 9.17) is 9.47 Å². The topological polar surface area (TPSA) is 23.4 Å². The molecule has 31 heavy (non-hydrogen) atoms. The van der Waals surface area contributed by atoms with Gasteiger partial charge in [-0.05, 0) is 46.5 Å². The lowest BCUT2D eigenvalue weighted by Crippen LogP contribution is -2.22. The number of aromatic nitrogens is 1. The summed E-state index contributed by atoms with van der Waals surface area (Å²) in [6.45, 7) is 8.56. The maximum atomic E-state index is 6.25. The maximum Gasteiger partial charge on any atom is 0.123 e. The van der Waals surface area contributed by atoms with Crippen LogP contribution in [0.25, 0.3) is 43.4 Å². The summed E-state index contributed by atoms with van der Waals surface area (Å²) in [6.07, 6.45) is 0. The number of hydrogen-bond donors (Lipinski definition) is 0. The second-order valence-corrected chi connectivity index (χ2v) is 15.1. The van der Waals surface area contributed by atoms with Gasteiger partial charge in [0.1, 0.15) is 12.5 Å². The summed E-state index contributed by atoms with van der Waals surface area (Å²) in [5.41, 5.74) is 2.47. The molecule has 0 saturated heterocycles. The van der Waals surface area contributed by atoms with Crippen molar-refractivity contribution in [3.05, 3.63) is 66.7 Å². The van der Waals surface area contributed by atoms with Gasteiger partial charge in [0.2, 0.25) is 0 Å². The third-order valence-electron chi connectivity index (χ3n) is 6.16. The monoisotopic (exact) mass is 427 g/mol. The molecular weight excluding hydrogens is 398 g/mol. The first-order valence-electron chi connectivity index (χ1n) is 10.9. The molecule has 1 heterocycles. The maximum absolute atomic E-state index is 6.25. The largest absolute Gasteiger partial charge is 0.497 e. The van der Waals surface area contributed by atoms with Crippen molar-refractivity contribution in [3.63, 3.8) is 0 Å². The number of rotatable bonds is 6. The predicted molar refractivity (Wildman–Crippen MR) is 135 cm³/mol. The highest BCUT2D eigenvalue weighted by Gasteiger charge is 2.18. The highest BCUT2D eigenvalue weighted by Crippen LogP contribution is 2.41. The van der Waals surface area contributed by atoms with Crippen molar-refractivity contribution in [1.29, 1.82) is 0 Å².